The molecule has 3 rings (SSSR count). The fraction of sp³-hybridized carbons (Fsp3) is 0.500. The van der Waals surface area contributed by atoms with Gasteiger partial charge < -0.3 is 24.5 Å². The smallest absolute Gasteiger partial charge is 0.315 e. The van der Waals surface area contributed by atoms with Crippen LogP contribution in [0.2, 0.25) is 0 Å². The van der Waals surface area contributed by atoms with Crippen LogP contribution in [0.25, 0.3) is 0 Å². The van der Waals surface area contributed by atoms with Gasteiger partial charge in [0.25, 0.3) is 0 Å². The van der Waals surface area contributed by atoms with E-state index in [4.69, 9.17) is 13.9 Å². The number of carbonyl (C=O) groups excluding carboxylic acids is 1. The third-order valence-corrected chi connectivity index (χ3v) is 5.23. The zero-order chi connectivity index (χ0) is 20.6. The lowest BCUT2D eigenvalue weighted by Gasteiger charge is -2.22. The second-order valence-corrected chi connectivity index (χ2v) is 7.57. The molecular weight excluding hydrogens is 370 g/mol. The summed E-state index contributed by atoms with van der Waals surface area (Å²) in [5, 5.41) is 5.81. The van der Waals surface area contributed by atoms with E-state index in [1.54, 1.807) is 13.4 Å². The van der Waals surface area contributed by atoms with Gasteiger partial charge in [-0.1, -0.05) is 6.07 Å². The van der Waals surface area contributed by atoms with Gasteiger partial charge in [-0.3, -0.25) is 4.90 Å². The number of methoxy groups -OCH3 is 1. The summed E-state index contributed by atoms with van der Waals surface area (Å²) in [5.74, 6) is 2.28. The van der Waals surface area contributed by atoms with Gasteiger partial charge in [0, 0.05) is 13.1 Å². The highest BCUT2D eigenvalue weighted by atomic mass is 16.5. The van der Waals surface area contributed by atoms with Crippen molar-refractivity contribution in [2.75, 3.05) is 27.7 Å². The number of ether oxygens (including phenoxy) is 2. The first-order valence-electron chi connectivity index (χ1n) is 10.1. The number of likely N-dealkylation sites (N-methyl/N-ethyl adjacent to an activating group) is 1. The Kier molecular flexibility index (Phi) is 7.41. The molecule has 0 radical (unpaired) electrons. The summed E-state index contributed by atoms with van der Waals surface area (Å²) in [5.41, 5.74) is 0.962. The average molecular weight is 402 g/mol. The summed E-state index contributed by atoms with van der Waals surface area (Å²) in [6.07, 6.45) is 6.47. The molecule has 0 spiro atoms. The fourth-order valence-corrected chi connectivity index (χ4v) is 3.56. The second kappa shape index (κ2) is 10.2. The summed E-state index contributed by atoms with van der Waals surface area (Å²) >= 11 is 0. The van der Waals surface area contributed by atoms with Gasteiger partial charge in [-0.05, 0) is 69.6 Å². The largest absolute Gasteiger partial charge is 0.493 e. The number of amides is 2. The first-order valence-corrected chi connectivity index (χ1v) is 10.1. The van der Waals surface area contributed by atoms with E-state index in [0.29, 0.717) is 13.1 Å². The molecule has 1 unspecified atom stereocenters. The molecule has 1 aromatic carbocycles. The van der Waals surface area contributed by atoms with Gasteiger partial charge in [0.05, 0.1) is 25.5 Å². The summed E-state index contributed by atoms with van der Waals surface area (Å²) in [6, 6.07) is 9.28. The van der Waals surface area contributed by atoms with Crippen molar-refractivity contribution in [2.45, 2.75) is 44.4 Å². The molecule has 29 heavy (non-hydrogen) atoms. The molecule has 7 heteroatoms. The normalized spacial score (nSPS) is 15.3. The summed E-state index contributed by atoms with van der Waals surface area (Å²) in [7, 11) is 5.55. The molecule has 0 saturated heterocycles. The predicted octanol–water partition coefficient (Wildman–Crippen LogP) is 3.71. The molecule has 2 aromatic rings. The van der Waals surface area contributed by atoms with Crippen LogP contribution in [0.5, 0.6) is 11.5 Å². The highest BCUT2D eigenvalue weighted by molar-refractivity contribution is 5.73. The van der Waals surface area contributed by atoms with Gasteiger partial charge in [0.1, 0.15) is 5.76 Å². The lowest BCUT2D eigenvalue weighted by molar-refractivity contribution is 0.200. The molecule has 2 N–H and O–H groups in total. The molecule has 1 aromatic heterocycles. The molecular formula is C22H31N3O4. The van der Waals surface area contributed by atoms with E-state index in [-0.39, 0.29) is 18.2 Å². The fourth-order valence-electron chi connectivity index (χ4n) is 3.56. The van der Waals surface area contributed by atoms with E-state index in [1.165, 1.54) is 12.8 Å². The van der Waals surface area contributed by atoms with Crippen LogP contribution < -0.4 is 20.1 Å². The number of urea groups is 1. The monoisotopic (exact) mass is 401 g/mol. The molecule has 1 aliphatic rings. The topological polar surface area (TPSA) is 76.0 Å². The molecule has 0 bridgehead atoms. The molecule has 1 saturated carbocycles. The summed E-state index contributed by atoms with van der Waals surface area (Å²) in [6.45, 7) is 0.856. The zero-order valence-electron chi connectivity index (χ0n) is 17.4. The van der Waals surface area contributed by atoms with Gasteiger partial charge in [-0.25, -0.2) is 4.79 Å². The number of hydrogen-bond donors (Lipinski definition) is 2. The first-order chi connectivity index (χ1) is 14.1. The third kappa shape index (κ3) is 5.90. The van der Waals surface area contributed by atoms with E-state index in [0.717, 1.165) is 35.7 Å². The third-order valence-electron chi connectivity index (χ3n) is 5.23. The van der Waals surface area contributed by atoms with Crippen molar-refractivity contribution in [3.63, 3.8) is 0 Å². The van der Waals surface area contributed by atoms with Crippen molar-refractivity contribution in [1.29, 1.82) is 0 Å². The predicted molar refractivity (Wildman–Crippen MR) is 111 cm³/mol. The molecule has 158 valence electrons. The number of rotatable bonds is 9. The molecule has 1 atom stereocenters. The minimum absolute atomic E-state index is 0.0249. The van der Waals surface area contributed by atoms with Crippen LogP contribution in [0.4, 0.5) is 4.79 Å². The standard InChI is InChI=1S/C22H31N3O4/c1-25(2)18(19-9-6-12-28-19)15-24-22(26)23-14-16-10-11-20(27-3)21(13-16)29-17-7-4-5-8-17/h6,9-13,17-18H,4-5,7-8,14-15H2,1-3H3,(H2,23,24,26). The Morgan fingerprint density at radius 2 is 2.00 bits per heavy atom. The van der Waals surface area contributed by atoms with Gasteiger partial charge in [0.15, 0.2) is 11.5 Å². The number of hydrogen-bond acceptors (Lipinski definition) is 5. The molecule has 1 aliphatic carbocycles. The number of benzene rings is 1. The highest BCUT2D eigenvalue weighted by Gasteiger charge is 2.19. The van der Waals surface area contributed by atoms with Gasteiger partial charge >= 0.3 is 6.03 Å². The van der Waals surface area contributed by atoms with Crippen molar-refractivity contribution < 1.29 is 18.7 Å². The van der Waals surface area contributed by atoms with E-state index >= 15 is 0 Å². The Labute approximate surface area is 172 Å². The SMILES string of the molecule is COc1ccc(CNC(=O)NCC(c2ccco2)N(C)C)cc1OC1CCCC1. The first kappa shape index (κ1) is 21.0. The Hall–Kier alpha value is -2.67. The lowest BCUT2D eigenvalue weighted by atomic mass is 10.2. The Morgan fingerprint density at radius 1 is 1.21 bits per heavy atom. The van der Waals surface area contributed by atoms with E-state index < -0.39 is 0 Å². The van der Waals surface area contributed by atoms with Crippen LogP contribution >= 0.6 is 0 Å². The van der Waals surface area contributed by atoms with Crippen molar-refractivity contribution in [3.05, 3.63) is 47.9 Å². The maximum Gasteiger partial charge on any atom is 0.315 e. The molecule has 0 aliphatic heterocycles. The molecule has 1 heterocycles. The van der Waals surface area contributed by atoms with E-state index in [1.807, 2.05) is 49.3 Å². The van der Waals surface area contributed by atoms with Crippen molar-refractivity contribution >= 4 is 6.03 Å². The van der Waals surface area contributed by atoms with Crippen LogP contribution in [0.3, 0.4) is 0 Å². The summed E-state index contributed by atoms with van der Waals surface area (Å²) in [4.78, 5) is 14.3. The number of carbonyl (C=O) groups is 1. The van der Waals surface area contributed by atoms with Crippen LogP contribution in [0.1, 0.15) is 43.0 Å². The minimum Gasteiger partial charge on any atom is -0.493 e. The van der Waals surface area contributed by atoms with Crippen molar-refractivity contribution in [1.82, 2.24) is 15.5 Å². The van der Waals surface area contributed by atoms with E-state index in [2.05, 4.69) is 10.6 Å². The van der Waals surface area contributed by atoms with Gasteiger partial charge in [-0.15, -0.1) is 0 Å². The average Bonchev–Trinajstić information content (AvgIpc) is 3.41. The van der Waals surface area contributed by atoms with E-state index in [9.17, 15) is 4.79 Å². The minimum atomic E-state index is -0.225. The maximum atomic E-state index is 12.3. The number of nitrogens with zero attached hydrogens (tertiary/aromatic N) is 1. The number of nitrogens with one attached hydrogen (secondary N) is 2. The van der Waals surface area contributed by atoms with Crippen LogP contribution in [0, 0.1) is 0 Å². The van der Waals surface area contributed by atoms with Crippen molar-refractivity contribution in [3.8, 4) is 11.5 Å². The zero-order valence-corrected chi connectivity index (χ0v) is 17.4. The number of furan rings is 1. The quantitative estimate of drug-likeness (QED) is 0.670. The van der Waals surface area contributed by atoms with Crippen LogP contribution in [-0.4, -0.2) is 44.8 Å². The summed E-state index contributed by atoms with van der Waals surface area (Å²) < 4.78 is 17.0. The van der Waals surface area contributed by atoms with Crippen molar-refractivity contribution in [2.24, 2.45) is 0 Å². The molecule has 1 fully saturated rings. The van der Waals surface area contributed by atoms with Crippen LogP contribution in [-0.2, 0) is 6.54 Å². The Morgan fingerprint density at radius 3 is 2.66 bits per heavy atom. The molecule has 7 nitrogen and oxygen atoms in total. The second-order valence-electron chi connectivity index (χ2n) is 7.57. The highest BCUT2D eigenvalue weighted by Crippen LogP contribution is 2.32. The Bertz CT molecular complexity index is 770. The van der Waals surface area contributed by atoms with Gasteiger partial charge in [-0.2, -0.15) is 0 Å². The Balaban J connectivity index is 1.52. The lowest BCUT2D eigenvalue weighted by Crippen LogP contribution is -2.40. The maximum absolute atomic E-state index is 12.3. The van der Waals surface area contributed by atoms with Gasteiger partial charge in [0.2, 0.25) is 0 Å². The molecule has 2 amide bonds. The van der Waals surface area contributed by atoms with Crippen LogP contribution in [0.15, 0.2) is 41.0 Å².